The van der Waals surface area contributed by atoms with Crippen LogP contribution < -0.4 is 10.5 Å². The lowest BCUT2D eigenvalue weighted by molar-refractivity contribution is -0.383. The number of hydrogen-bond acceptors (Lipinski definition) is 5. The van der Waals surface area contributed by atoms with Crippen molar-refractivity contribution in [1.82, 2.24) is 4.98 Å². The first-order valence-corrected chi connectivity index (χ1v) is 6.21. The van der Waals surface area contributed by atoms with E-state index in [-0.39, 0.29) is 11.2 Å². The zero-order chi connectivity index (χ0) is 14.8. The fraction of sp³-hybridized carbons (Fsp3) is 0. The molecule has 0 atom stereocenters. The van der Waals surface area contributed by atoms with Crippen molar-refractivity contribution in [2.75, 3.05) is 5.73 Å². The van der Waals surface area contributed by atoms with E-state index in [1.165, 1.54) is 12.3 Å². The smallest absolute Gasteiger partial charge is 0.295 e. The molecule has 0 amide bonds. The van der Waals surface area contributed by atoms with Gasteiger partial charge in [-0.1, -0.05) is 12.1 Å². The highest BCUT2D eigenvalue weighted by molar-refractivity contribution is 5.92. The number of anilines is 1. The number of fused-ring (bicyclic) bond motifs is 1. The molecule has 0 bridgehead atoms. The van der Waals surface area contributed by atoms with Crippen molar-refractivity contribution in [3.05, 3.63) is 64.8 Å². The van der Waals surface area contributed by atoms with Crippen LogP contribution in [0.3, 0.4) is 0 Å². The lowest BCUT2D eigenvalue weighted by Gasteiger charge is -2.10. The Balaban J connectivity index is 2.14. The first-order chi connectivity index (χ1) is 10.2. The molecule has 0 spiro atoms. The first kappa shape index (κ1) is 12.9. The van der Waals surface area contributed by atoms with Crippen LogP contribution in [-0.2, 0) is 0 Å². The largest absolute Gasteiger partial charge is 0.454 e. The Morgan fingerprint density at radius 2 is 1.86 bits per heavy atom. The number of ether oxygens (including phenoxy) is 1. The molecule has 3 aromatic rings. The number of benzene rings is 2. The molecule has 2 N–H and O–H groups in total. The second-order valence-electron chi connectivity index (χ2n) is 4.38. The van der Waals surface area contributed by atoms with Gasteiger partial charge in [0.2, 0.25) is 0 Å². The Morgan fingerprint density at radius 1 is 1.05 bits per heavy atom. The monoisotopic (exact) mass is 281 g/mol. The van der Waals surface area contributed by atoms with Crippen molar-refractivity contribution in [1.29, 1.82) is 0 Å². The molecule has 0 fully saturated rings. The SMILES string of the molecule is Nc1ccccc1Oc1ccc([N+](=O)[O-])c2ncccc12. The molecule has 21 heavy (non-hydrogen) atoms. The van der Waals surface area contributed by atoms with Gasteiger partial charge in [0.05, 0.1) is 10.6 Å². The lowest BCUT2D eigenvalue weighted by atomic mass is 10.1. The summed E-state index contributed by atoms with van der Waals surface area (Å²) in [5, 5.41) is 11.6. The number of non-ortho nitro benzene ring substituents is 1. The summed E-state index contributed by atoms with van der Waals surface area (Å²) < 4.78 is 5.77. The maximum absolute atomic E-state index is 11.0. The summed E-state index contributed by atoms with van der Waals surface area (Å²) in [7, 11) is 0. The van der Waals surface area contributed by atoms with Gasteiger partial charge in [-0.15, -0.1) is 0 Å². The van der Waals surface area contributed by atoms with E-state index in [2.05, 4.69) is 4.98 Å². The summed E-state index contributed by atoms with van der Waals surface area (Å²) in [6, 6.07) is 13.4. The Labute approximate surface area is 119 Å². The quantitative estimate of drug-likeness (QED) is 0.450. The van der Waals surface area contributed by atoms with Crippen LogP contribution in [0.25, 0.3) is 10.9 Å². The molecule has 0 aliphatic rings. The second-order valence-corrected chi connectivity index (χ2v) is 4.38. The number of pyridine rings is 1. The minimum Gasteiger partial charge on any atom is -0.454 e. The third kappa shape index (κ3) is 2.34. The summed E-state index contributed by atoms with van der Waals surface area (Å²) in [5.74, 6) is 0.970. The van der Waals surface area contributed by atoms with Crippen LogP contribution in [0.2, 0.25) is 0 Å². The van der Waals surface area contributed by atoms with E-state index in [0.717, 1.165) is 0 Å². The van der Waals surface area contributed by atoms with Crippen LogP contribution >= 0.6 is 0 Å². The zero-order valence-corrected chi connectivity index (χ0v) is 10.9. The average molecular weight is 281 g/mol. The predicted molar refractivity (Wildman–Crippen MR) is 79.3 cm³/mol. The summed E-state index contributed by atoms with van der Waals surface area (Å²) >= 11 is 0. The van der Waals surface area contributed by atoms with Gasteiger partial charge in [0.25, 0.3) is 5.69 Å². The third-order valence-electron chi connectivity index (χ3n) is 3.04. The summed E-state index contributed by atoms with van der Waals surface area (Å²) in [5.41, 5.74) is 6.57. The van der Waals surface area contributed by atoms with E-state index in [4.69, 9.17) is 10.5 Å². The topological polar surface area (TPSA) is 91.3 Å². The van der Waals surface area contributed by atoms with Crippen LogP contribution in [0.5, 0.6) is 11.5 Å². The van der Waals surface area contributed by atoms with Crippen molar-refractivity contribution >= 4 is 22.3 Å². The van der Waals surface area contributed by atoms with Gasteiger partial charge in [-0.3, -0.25) is 10.1 Å². The summed E-state index contributed by atoms with van der Waals surface area (Å²) in [4.78, 5) is 14.7. The molecule has 0 saturated carbocycles. The summed E-state index contributed by atoms with van der Waals surface area (Å²) in [6.07, 6.45) is 1.51. The molecule has 3 rings (SSSR count). The van der Waals surface area contributed by atoms with Gasteiger partial charge in [-0.05, 0) is 30.3 Å². The maximum atomic E-state index is 11.0. The Bertz CT molecular complexity index is 833. The highest BCUT2D eigenvalue weighted by atomic mass is 16.6. The number of hydrogen-bond donors (Lipinski definition) is 1. The third-order valence-corrected chi connectivity index (χ3v) is 3.04. The van der Waals surface area contributed by atoms with Gasteiger partial charge in [0.15, 0.2) is 5.52 Å². The molecular weight excluding hydrogens is 270 g/mol. The van der Waals surface area contributed by atoms with Crippen LogP contribution in [0.4, 0.5) is 11.4 Å². The number of nitrogen functional groups attached to an aromatic ring is 1. The van der Waals surface area contributed by atoms with Gasteiger partial charge in [-0.2, -0.15) is 0 Å². The molecule has 1 heterocycles. The molecule has 0 aliphatic heterocycles. The molecule has 0 aliphatic carbocycles. The van der Waals surface area contributed by atoms with E-state index in [9.17, 15) is 10.1 Å². The van der Waals surface area contributed by atoms with Crippen LogP contribution in [-0.4, -0.2) is 9.91 Å². The number of nitrogens with zero attached hydrogens (tertiary/aromatic N) is 2. The van der Waals surface area contributed by atoms with Crippen molar-refractivity contribution < 1.29 is 9.66 Å². The van der Waals surface area contributed by atoms with Crippen molar-refractivity contribution in [2.45, 2.75) is 0 Å². The van der Waals surface area contributed by atoms with E-state index in [1.807, 2.05) is 0 Å². The molecule has 6 heteroatoms. The van der Waals surface area contributed by atoms with Gasteiger partial charge in [0, 0.05) is 17.6 Å². The van der Waals surface area contributed by atoms with Crippen LogP contribution in [0.1, 0.15) is 0 Å². The fourth-order valence-corrected chi connectivity index (χ4v) is 2.06. The minimum absolute atomic E-state index is 0.0565. The molecular formula is C15H11N3O3. The number of nitro benzene ring substituents is 1. The van der Waals surface area contributed by atoms with Gasteiger partial charge in [0.1, 0.15) is 11.5 Å². The number of para-hydroxylation sites is 2. The van der Waals surface area contributed by atoms with Crippen LogP contribution in [0.15, 0.2) is 54.7 Å². The Hall–Kier alpha value is -3.15. The molecule has 2 aromatic carbocycles. The fourth-order valence-electron chi connectivity index (χ4n) is 2.06. The Morgan fingerprint density at radius 3 is 2.62 bits per heavy atom. The van der Waals surface area contributed by atoms with E-state index in [0.29, 0.717) is 22.6 Å². The predicted octanol–water partition coefficient (Wildman–Crippen LogP) is 3.52. The maximum Gasteiger partial charge on any atom is 0.295 e. The zero-order valence-electron chi connectivity index (χ0n) is 10.9. The molecule has 0 radical (unpaired) electrons. The highest BCUT2D eigenvalue weighted by Crippen LogP contribution is 2.35. The average Bonchev–Trinajstić information content (AvgIpc) is 2.49. The standard InChI is InChI=1S/C15H11N3O3/c16-11-5-1-2-6-14(11)21-13-8-7-12(18(19)20)15-10(13)4-3-9-17-15/h1-9H,16H2. The van der Waals surface area contributed by atoms with E-state index < -0.39 is 4.92 Å². The number of nitrogens with two attached hydrogens (primary N) is 1. The van der Waals surface area contributed by atoms with E-state index in [1.54, 1.807) is 42.5 Å². The Kier molecular flexibility index (Phi) is 3.12. The van der Waals surface area contributed by atoms with E-state index >= 15 is 0 Å². The minimum atomic E-state index is -0.462. The van der Waals surface area contributed by atoms with Crippen molar-refractivity contribution in [3.63, 3.8) is 0 Å². The molecule has 0 unspecified atom stereocenters. The highest BCUT2D eigenvalue weighted by Gasteiger charge is 2.16. The van der Waals surface area contributed by atoms with Crippen molar-refractivity contribution in [2.24, 2.45) is 0 Å². The number of nitro groups is 1. The van der Waals surface area contributed by atoms with Crippen molar-refractivity contribution in [3.8, 4) is 11.5 Å². The molecule has 0 saturated heterocycles. The first-order valence-electron chi connectivity index (χ1n) is 6.21. The molecule has 6 nitrogen and oxygen atoms in total. The van der Waals surface area contributed by atoms with Gasteiger partial charge in [-0.25, -0.2) is 4.98 Å². The normalized spacial score (nSPS) is 10.5. The number of rotatable bonds is 3. The lowest BCUT2D eigenvalue weighted by Crippen LogP contribution is -1.95. The molecule has 104 valence electrons. The second kappa shape index (κ2) is 5.09. The van der Waals surface area contributed by atoms with Crippen LogP contribution in [0, 0.1) is 10.1 Å². The van der Waals surface area contributed by atoms with Gasteiger partial charge >= 0.3 is 0 Å². The summed E-state index contributed by atoms with van der Waals surface area (Å²) in [6.45, 7) is 0. The van der Waals surface area contributed by atoms with Gasteiger partial charge < -0.3 is 10.5 Å². The molecule has 1 aromatic heterocycles. The number of aromatic nitrogens is 1.